The molecule has 1 aromatic carbocycles. The summed E-state index contributed by atoms with van der Waals surface area (Å²) in [5, 5.41) is 0. The molecule has 3 aromatic rings. The Balaban J connectivity index is 1.58. The lowest BCUT2D eigenvalue weighted by Crippen LogP contribution is -2.30. The van der Waals surface area contributed by atoms with Crippen LogP contribution < -0.4 is 0 Å². The number of rotatable bonds is 5. The first-order chi connectivity index (χ1) is 13.2. The van der Waals surface area contributed by atoms with E-state index in [0.29, 0.717) is 29.4 Å². The third kappa shape index (κ3) is 3.75. The summed E-state index contributed by atoms with van der Waals surface area (Å²) < 4.78 is 11.3. The number of aromatic nitrogens is 1. The fraction of sp³-hybridized carbons (Fsp3) is 0.364. The number of hydrogen-bond donors (Lipinski definition) is 0. The number of carbonyl (C=O) groups is 1. The molecule has 0 aliphatic heterocycles. The van der Waals surface area contributed by atoms with E-state index in [0.717, 1.165) is 24.2 Å². The fourth-order valence-electron chi connectivity index (χ4n) is 3.68. The van der Waals surface area contributed by atoms with Crippen LogP contribution >= 0.6 is 0 Å². The van der Waals surface area contributed by atoms with Gasteiger partial charge in [0.15, 0.2) is 11.5 Å². The summed E-state index contributed by atoms with van der Waals surface area (Å²) in [5.74, 6) is 4.27. The Kier molecular flexibility index (Phi) is 4.97. The number of furan rings is 1. The number of fused-ring (bicyclic) bond motifs is 1. The predicted octanol–water partition coefficient (Wildman–Crippen LogP) is 4.74. The number of terminal acetylenes is 1. The van der Waals surface area contributed by atoms with Gasteiger partial charge in [-0.1, -0.05) is 25.2 Å². The summed E-state index contributed by atoms with van der Waals surface area (Å²) in [4.78, 5) is 19.2. The minimum atomic E-state index is -0.151. The monoisotopic (exact) mass is 362 g/mol. The smallest absolute Gasteiger partial charge is 0.255 e. The van der Waals surface area contributed by atoms with Crippen molar-refractivity contribution in [2.24, 2.45) is 0 Å². The SMILES string of the molecule is C#CCN(Cc1ccco1)C(=O)c1ccc2nc(C3CCCCC3)oc2c1. The third-order valence-electron chi connectivity index (χ3n) is 5.10. The van der Waals surface area contributed by atoms with Crippen molar-refractivity contribution in [3.63, 3.8) is 0 Å². The standard InChI is InChI=1S/C22H22N2O3/c1-2-12-24(15-18-9-6-13-26-18)22(25)17-10-11-19-20(14-17)27-21(23-19)16-7-4-3-5-8-16/h1,6,9-11,13-14,16H,3-5,7-8,12,15H2. The van der Waals surface area contributed by atoms with E-state index < -0.39 is 0 Å². The van der Waals surface area contributed by atoms with Crippen LogP contribution in [0.1, 0.15) is 60.0 Å². The van der Waals surface area contributed by atoms with Gasteiger partial charge in [0.1, 0.15) is 11.3 Å². The molecule has 138 valence electrons. The maximum atomic E-state index is 12.9. The molecule has 1 aliphatic carbocycles. The number of oxazole rings is 1. The first-order valence-corrected chi connectivity index (χ1v) is 9.40. The summed E-state index contributed by atoms with van der Waals surface area (Å²) in [6.45, 7) is 0.541. The highest BCUT2D eigenvalue weighted by molar-refractivity contribution is 5.97. The molecule has 1 amide bonds. The van der Waals surface area contributed by atoms with Gasteiger partial charge in [0.05, 0.1) is 19.4 Å². The Hall–Kier alpha value is -3.00. The molecule has 0 spiro atoms. The van der Waals surface area contributed by atoms with Crippen LogP contribution in [0.4, 0.5) is 0 Å². The second-order valence-corrected chi connectivity index (χ2v) is 7.01. The molecule has 0 saturated heterocycles. The highest BCUT2D eigenvalue weighted by Crippen LogP contribution is 2.33. The normalized spacial score (nSPS) is 14.9. The zero-order valence-corrected chi connectivity index (χ0v) is 15.2. The molecule has 2 aromatic heterocycles. The van der Waals surface area contributed by atoms with Crippen LogP contribution in [-0.4, -0.2) is 22.3 Å². The van der Waals surface area contributed by atoms with E-state index in [9.17, 15) is 4.79 Å². The molecule has 5 nitrogen and oxygen atoms in total. The molecule has 0 bridgehead atoms. The van der Waals surface area contributed by atoms with Crippen molar-refractivity contribution in [1.29, 1.82) is 0 Å². The van der Waals surface area contributed by atoms with Gasteiger partial charge in [-0.25, -0.2) is 4.98 Å². The average molecular weight is 362 g/mol. The molecular weight excluding hydrogens is 340 g/mol. The van der Waals surface area contributed by atoms with Crippen molar-refractivity contribution in [2.45, 2.75) is 44.6 Å². The molecule has 0 radical (unpaired) electrons. The lowest BCUT2D eigenvalue weighted by molar-refractivity contribution is 0.0755. The van der Waals surface area contributed by atoms with Crippen LogP contribution in [0.15, 0.2) is 45.4 Å². The van der Waals surface area contributed by atoms with E-state index in [1.807, 2.05) is 12.1 Å². The lowest BCUT2D eigenvalue weighted by atomic mass is 9.89. The Labute approximate surface area is 158 Å². The highest BCUT2D eigenvalue weighted by atomic mass is 16.3. The molecule has 27 heavy (non-hydrogen) atoms. The second kappa shape index (κ2) is 7.71. The molecule has 1 saturated carbocycles. The van der Waals surface area contributed by atoms with E-state index in [-0.39, 0.29) is 12.5 Å². The Morgan fingerprint density at radius 2 is 2.11 bits per heavy atom. The van der Waals surface area contributed by atoms with Crippen molar-refractivity contribution in [3.05, 3.63) is 53.8 Å². The van der Waals surface area contributed by atoms with Gasteiger partial charge in [-0.2, -0.15) is 0 Å². The van der Waals surface area contributed by atoms with E-state index in [2.05, 4.69) is 10.9 Å². The molecule has 0 N–H and O–H groups in total. The summed E-state index contributed by atoms with van der Waals surface area (Å²) >= 11 is 0. The summed E-state index contributed by atoms with van der Waals surface area (Å²) in [6, 6.07) is 9.01. The molecule has 4 rings (SSSR count). The van der Waals surface area contributed by atoms with Crippen LogP contribution in [0.3, 0.4) is 0 Å². The first-order valence-electron chi connectivity index (χ1n) is 9.40. The Bertz CT molecular complexity index is 959. The number of hydrogen-bond acceptors (Lipinski definition) is 4. The van der Waals surface area contributed by atoms with Gasteiger partial charge in [0, 0.05) is 11.5 Å². The maximum Gasteiger partial charge on any atom is 0.255 e. The molecule has 0 unspecified atom stereocenters. The number of carbonyl (C=O) groups excluding carboxylic acids is 1. The number of benzene rings is 1. The lowest BCUT2D eigenvalue weighted by Gasteiger charge is -2.19. The topological polar surface area (TPSA) is 59.5 Å². The number of nitrogens with zero attached hydrogens (tertiary/aromatic N) is 2. The molecule has 2 heterocycles. The Morgan fingerprint density at radius 3 is 2.85 bits per heavy atom. The van der Waals surface area contributed by atoms with Crippen LogP contribution in [-0.2, 0) is 6.54 Å². The average Bonchev–Trinajstić information content (AvgIpc) is 3.36. The molecule has 0 atom stereocenters. The summed E-state index contributed by atoms with van der Waals surface area (Å²) in [7, 11) is 0. The fourth-order valence-corrected chi connectivity index (χ4v) is 3.68. The summed E-state index contributed by atoms with van der Waals surface area (Å²) in [5.41, 5.74) is 1.98. The van der Waals surface area contributed by atoms with Gasteiger partial charge in [-0.05, 0) is 43.2 Å². The van der Waals surface area contributed by atoms with Gasteiger partial charge < -0.3 is 13.7 Å². The van der Waals surface area contributed by atoms with Crippen LogP contribution in [0.25, 0.3) is 11.1 Å². The predicted molar refractivity (Wildman–Crippen MR) is 102 cm³/mol. The van der Waals surface area contributed by atoms with Gasteiger partial charge in [-0.3, -0.25) is 4.79 Å². The van der Waals surface area contributed by atoms with Gasteiger partial charge >= 0.3 is 0 Å². The van der Waals surface area contributed by atoms with Crippen molar-refractivity contribution in [1.82, 2.24) is 9.88 Å². The molecule has 1 aliphatic rings. The van der Waals surface area contributed by atoms with E-state index in [1.54, 1.807) is 29.4 Å². The second-order valence-electron chi connectivity index (χ2n) is 7.01. The van der Waals surface area contributed by atoms with Crippen LogP contribution in [0, 0.1) is 12.3 Å². The zero-order valence-electron chi connectivity index (χ0n) is 15.2. The molecular formula is C22H22N2O3. The third-order valence-corrected chi connectivity index (χ3v) is 5.10. The molecule has 5 heteroatoms. The van der Waals surface area contributed by atoms with Gasteiger partial charge in [-0.15, -0.1) is 6.42 Å². The Morgan fingerprint density at radius 1 is 1.26 bits per heavy atom. The van der Waals surface area contributed by atoms with Crippen molar-refractivity contribution >= 4 is 17.0 Å². The zero-order chi connectivity index (χ0) is 18.6. The molecule has 1 fully saturated rings. The van der Waals surface area contributed by atoms with Crippen LogP contribution in [0.5, 0.6) is 0 Å². The van der Waals surface area contributed by atoms with Crippen LogP contribution in [0.2, 0.25) is 0 Å². The van der Waals surface area contributed by atoms with Crippen molar-refractivity contribution in [2.75, 3.05) is 6.54 Å². The minimum Gasteiger partial charge on any atom is -0.467 e. The van der Waals surface area contributed by atoms with E-state index in [4.69, 9.17) is 15.3 Å². The minimum absolute atomic E-state index is 0.151. The largest absolute Gasteiger partial charge is 0.467 e. The first kappa shape index (κ1) is 17.4. The van der Waals surface area contributed by atoms with E-state index in [1.165, 1.54) is 19.3 Å². The quantitative estimate of drug-likeness (QED) is 0.615. The van der Waals surface area contributed by atoms with E-state index >= 15 is 0 Å². The van der Waals surface area contributed by atoms with Gasteiger partial charge in [0.25, 0.3) is 5.91 Å². The van der Waals surface area contributed by atoms with Crippen molar-refractivity contribution in [3.8, 4) is 12.3 Å². The highest BCUT2D eigenvalue weighted by Gasteiger charge is 2.22. The number of amides is 1. The maximum absolute atomic E-state index is 12.9. The van der Waals surface area contributed by atoms with Gasteiger partial charge in [0.2, 0.25) is 0 Å². The summed E-state index contributed by atoms with van der Waals surface area (Å²) in [6.07, 6.45) is 13.0. The van der Waals surface area contributed by atoms with Crippen molar-refractivity contribution < 1.29 is 13.6 Å².